The van der Waals surface area contributed by atoms with Crippen LogP contribution in [0, 0.1) is 0 Å². The average molecular weight is 602 g/mol. The van der Waals surface area contributed by atoms with E-state index in [4.69, 9.17) is 5.73 Å². The van der Waals surface area contributed by atoms with E-state index in [1.807, 2.05) is 0 Å². The number of carbonyl (C=O) groups excluding carboxylic acids is 5. The van der Waals surface area contributed by atoms with Crippen molar-refractivity contribution in [3.8, 4) is 0 Å². The largest absolute Gasteiger partial charge is 0.481 e. The summed E-state index contributed by atoms with van der Waals surface area (Å²) in [6, 6.07) is 12.7. The molecular weight excluding hydrogens is 570 g/mol. The normalized spacial score (nSPS) is 22.3. The lowest BCUT2D eigenvalue weighted by Crippen LogP contribution is -2.59. The smallest absolute Gasteiger partial charge is 0.305 e. The summed E-state index contributed by atoms with van der Waals surface area (Å²) < 4.78 is 0. The highest BCUT2D eigenvalue weighted by Crippen LogP contribution is 2.23. The monoisotopic (exact) mass is 601 g/mol. The zero-order valence-electron chi connectivity index (χ0n) is 21.9. The molecule has 2 aromatic rings. The van der Waals surface area contributed by atoms with Crippen molar-refractivity contribution in [2.24, 2.45) is 5.73 Å². The minimum Gasteiger partial charge on any atom is -0.481 e. The van der Waals surface area contributed by atoms with E-state index in [9.17, 15) is 33.9 Å². The molecule has 3 rings (SSSR count). The summed E-state index contributed by atoms with van der Waals surface area (Å²) in [7, 11) is 2.31. The van der Waals surface area contributed by atoms with E-state index in [1.54, 1.807) is 60.7 Å². The number of amides is 5. The van der Waals surface area contributed by atoms with Crippen molar-refractivity contribution in [3.05, 3.63) is 71.8 Å². The molecule has 14 heteroatoms. The van der Waals surface area contributed by atoms with Gasteiger partial charge in [-0.15, -0.1) is 0 Å². The summed E-state index contributed by atoms with van der Waals surface area (Å²) in [5, 5.41) is 19.6. The predicted molar refractivity (Wildman–Crippen MR) is 154 cm³/mol. The number of hydrogen-bond acceptors (Lipinski definition) is 8. The molecule has 1 aliphatic heterocycles. The third-order valence-corrected chi connectivity index (χ3v) is 8.42. The van der Waals surface area contributed by atoms with Gasteiger partial charge in [0.05, 0.1) is 12.8 Å². The molecule has 12 nitrogen and oxygen atoms in total. The number of carboxylic acids is 1. The zero-order chi connectivity index (χ0) is 29.8. The van der Waals surface area contributed by atoms with Gasteiger partial charge in [0.25, 0.3) is 0 Å². The summed E-state index contributed by atoms with van der Waals surface area (Å²) in [5.41, 5.74) is 6.92. The molecule has 0 bridgehead atoms. The van der Waals surface area contributed by atoms with Gasteiger partial charge in [-0.2, -0.15) is 0 Å². The number of hydrogen-bond donors (Lipinski definition) is 6. The molecule has 0 unspecified atom stereocenters. The highest BCUT2D eigenvalue weighted by atomic mass is 33.1. The van der Waals surface area contributed by atoms with Gasteiger partial charge in [-0.3, -0.25) is 28.8 Å². The summed E-state index contributed by atoms with van der Waals surface area (Å²) in [5.74, 6) is -4.90. The van der Waals surface area contributed by atoms with Gasteiger partial charge in [0.15, 0.2) is 0 Å². The lowest BCUT2D eigenvalue weighted by molar-refractivity contribution is -0.141. The molecule has 5 amide bonds. The van der Waals surface area contributed by atoms with Gasteiger partial charge in [-0.25, -0.2) is 0 Å². The highest BCUT2D eigenvalue weighted by molar-refractivity contribution is 8.76. The van der Waals surface area contributed by atoms with Crippen molar-refractivity contribution >= 4 is 57.1 Å². The van der Waals surface area contributed by atoms with Crippen LogP contribution in [0.5, 0.6) is 0 Å². The van der Waals surface area contributed by atoms with Gasteiger partial charge in [-0.1, -0.05) is 82.3 Å². The number of benzene rings is 2. The van der Waals surface area contributed by atoms with Gasteiger partial charge in [0.2, 0.25) is 29.5 Å². The fourth-order valence-corrected chi connectivity index (χ4v) is 6.24. The molecule has 7 N–H and O–H groups in total. The van der Waals surface area contributed by atoms with Crippen molar-refractivity contribution in [2.45, 2.75) is 43.4 Å². The second-order valence-electron chi connectivity index (χ2n) is 9.22. The molecule has 4 atom stereocenters. The summed E-state index contributed by atoms with van der Waals surface area (Å²) in [6.07, 6.45) is -0.746. The first kappa shape index (κ1) is 31.5. The second-order valence-corrected chi connectivity index (χ2v) is 11.8. The molecule has 0 radical (unpaired) electrons. The summed E-state index contributed by atoms with van der Waals surface area (Å²) >= 11 is 0. The Kier molecular flexibility index (Phi) is 12.0. The van der Waals surface area contributed by atoms with Crippen LogP contribution in [-0.4, -0.2) is 76.3 Å². The van der Waals surface area contributed by atoms with Crippen LogP contribution in [0.1, 0.15) is 17.5 Å². The maximum atomic E-state index is 13.2. The van der Waals surface area contributed by atoms with Gasteiger partial charge in [-0.05, 0) is 11.1 Å². The molecule has 0 aliphatic carbocycles. The van der Waals surface area contributed by atoms with E-state index in [1.165, 1.54) is 0 Å². The topological polar surface area (TPSA) is 197 Å². The molecule has 1 aliphatic rings. The van der Waals surface area contributed by atoms with Crippen molar-refractivity contribution < 1.29 is 33.9 Å². The van der Waals surface area contributed by atoms with E-state index >= 15 is 0 Å². The Balaban J connectivity index is 1.86. The van der Waals surface area contributed by atoms with E-state index in [0.717, 1.165) is 27.2 Å². The van der Waals surface area contributed by atoms with Crippen LogP contribution in [0.4, 0.5) is 0 Å². The second kappa shape index (κ2) is 15.7. The zero-order valence-corrected chi connectivity index (χ0v) is 23.5. The summed E-state index contributed by atoms with van der Waals surface area (Å²) in [4.78, 5) is 76.0. The Bertz CT molecular complexity index is 1250. The van der Waals surface area contributed by atoms with Crippen LogP contribution in [0.15, 0.2) is 60.7 Å². The lowest BCUT2D eigenvalue weighted by Gasteiger charge is -2.26. The van der Waals surface area contributed by atoms with Crippen molar-refractivity contribution in [2.75, 3.05) is 11.5 Å². The van der Waals surface area contributed by atoms with Crippen molar-refractivity contribution in [1.29, 1.82) is 0 Å². The van der Waals surface area contributed by atoms with E-state index in [2.05, 4.69) is 21.3 Å². The summed E-state index contributed by atoms with van der Waals surface area (Å²) in [6.45, 7) is 0. The Morgan fingerprint density at radius 3 is 1.98 bits per heavy atom. The van der Waals surface area contributed by atoms with Gasteiger partial charge in [0.1, 0.15) is 24.2 Å². The van der Waals surface area contributed by atoms with E-state index in [0.29, 0.717) is 5.56 Å². The molecule has 0 aromatic heterocycles. The first-order valence-electron chi connectivity index (χ1n) is 12.7. The molecular formula is C27H31N5O7S2. The first-order chi connectivity index (χ1) is 19.6. The lowest BCUT2D eigenvalue weighted by atomic mass is 10.0. The minimum absolute atomic E-state index is 0.00157. The Morgan fingerprint density at radius 2 is 1.37 bits per heavy atom. The highest BCUT2D eigenvalue weighted by Gasteiger charge is 2.33. The van der Waals surface area contributed by atoms with Gasteiger partial charge < -0.3 is 32.1 Å². The molecule has 1 saturated heterocycles. The van der Waals surface area contributed by atoms with E-state index in [-0.39, 0.29) is 24.3 Å². The fourth-order valence-electron chi connectivity index (χ4n) is 3.90. The predicted octanol–water partition coefficient (Wildman–Crippen LogP) is -0.234. The Morgan fingerprint density at radius 1 is 0.805 bits per heavy atom. The first-order valence-corrected chi connectivity index (χ1v) is 15.1. The number of nitrogens with one attached hydrogen (secondary N) is 4. The minimum atomic E-state index is -1.55. The number of primary amides is 1. The maximum absolute atomic E-state index is 13.2. The number of carboxylic acid groups (broad SMARTS) is 1. The fraction of sp³-hybridized carbons (Fsp3) is 0.333. The van der Waals surface area contributed by atoms with Crippen LogP contribution in [0.3, 0.4) is 0 Å². The maximum Gasteiger partial charge on any atom is 0.305 e. The van der Waals surface area contributed by atoms with Gasteiger partial charge in [0, 0.05) is 17.9 Å². The van der Waals surface area contributed by atoms with Crippen LogP contribution in [0.2, 0.25) is 0 Å². The van der Waals surface area contributed by atoms with Crippen LogP contribution >= 0.6 is 21.6 Å². The SMILES string of the molecule is NC(=O)[C@@H]1CSSC[C@H](NC(=O)Cc2ccccc2)C(=O)N[C@@H](CC(=O)O)C(=O)N[C@@H](Cc2ccccc2)C(=O)N1. The Labute approximate surface area is 244 Å². The average Bonchev–Trinajstić information content (AvgIpc) is 2.93. The Hall–Kier alpha value is -4.04. The molecule has 1 fully saturated rings. The number of rotatable bonds is 8. The number of carbonyl (C=O) groups is 6. The molecule has 0 spiro atoms. The molecule has 218 valence electrons. The molecule has 2 aromatic carbocycles. The number of nitrogens with two attached hydrogens (primary N) is 1. The van der Waals surface area contributed by atoms with Crippen LogP contribution < -0.4 is 27.0 Å². The molecule has 0 saturated carbocycles. The van der Waals surface area contributed by atoms with Crippen molar-refractivity contribution in [3.63, 3.8) is 0 Å². The van der Waals surface area contributed by atoms with Crippen LogP contribution in [-0.2, 0) is 41.6 Å². The quantitative estimate of drug-likeness (QED) is 0.221. The molecule has 1 heterocycles. The van der Waals surface area contributed by atoms with Gasteiger partial charge >= 0.3 is 5.97 Å². The van der Waals surface area contributed by atoms with Crippen LogP contribution in [0.25, 0.3) is 0 Å². The van der Waals surface area contributed by atoms with E-state index < -0.39 is 66.1 Å². The number of aliphatic carboxylic acids is 1. The van der Waals surface area contributed by atoms with Crippen molar-refractivity contribution in [1.82, 2.24) is 21.3 Å². The third-order valence-electron chi connectivity index (χ3n) is 6.00. The standard InChI is InChI=1S/C27H31N5O7S2/c28-24(36)20-14-40-41-15-21(29-22(33)12-17-9-5-2-6-10-17)27(39)31-19(13-23(34)35)26(38)30-18(25(37)32-20)11-16-7-3-1-4-8-16/h1-10,18-21H,11-15H2,(H2,28,36)(H,29,33)(H,30,38)(H,31,39)(H,32,37)(H,34,35)/t18-,19-,20-,21-/m0/s1. The third kappa shape index (κ3) is 10.5. The molecule has 41 heavy (non-hydrogen) atoms.